The Morgan fingerprint density at radius 1 is 1.43 bits per heavy atom. The van der Waals surface area contributed by atoms with Gasteiger partial charge in [0.05, 0.1) is 4.92 Å². The van der Waals surface area contributed by atoms with Crippen LogP contribution in [0.2, 0.25) is 0 Å². The number of fused-ring (bicyclic) bond motifs is 2. The Labute approximate surface area is 135 Å². The lowest BCUT2D eigenvalue weighted by molar-refractivity contribution is -0.386. The molecule has 1 aromatic rings. The second kappa shape index (κ2) is 5.94. The van der Waals surface area contributed by atoms with Crippen LogP contribution < -0.4 is 5.32 Å². The summed E-state index contributed by atoms with van der Waals surface area (Å²) in [6.45, 7) is 5.33. The first-order chi connectivity index (χ1) is 10.9. The summed E-state index contributed by atoms with van der Waals surface area (Å²) < 4.78 is 1.43. The second-order valence-electron chi connectivity index (χ2n) is 7.13. The molecule has 0 unspecified atom stereocenters. The lowest BCUT2D eigenvalue weighted by Crippen LogP contribution is -2.41. The number of nitrogens with one attached hydrogen (secondary N) is 1. The number of hydrogen-bond donors (Lipinski definition) is 1. The zero-order valence-electron chi connectivity index (χ0n) is 13.9. The Hall–Kier alpha value is -1.92. The van der Waals surface area contributed by atoms with Gasteiger partial charge in [-0.25, -0.2) is 0 Å². The average molecular weight is 320 g/mol. The molecule has 2 fully saturated rings. The van der Waals surface area contributed by atoms with Crippen LogP contribution in [-0.2, 0) is 11.3 Å². The number of aromatic nitrogens is 2. The standard InChI is InChI=1S/C16H24N4O3/c1-9(14-7-12-4-5-13(14)6-12)17-15(21)8-19-11(3)16(20(22)23)10(2)18-19/h9,12-14H,4-8H2,1-3H3,(H,17,21)/t9-,12+,13+,14-/m0/s1. The minimum absolute atomic E-state index is 0.000971. The van der Waals surface area contributed by atoms with Crippen LogP contribution >= 0.6 is 0 Å². The maximum absolute atomic E-state index is 12.3. The molecule has 1 heterocycles. The quantitative estimate of drug-likeness (QED) is 0.666. The highest BCUT2D eigenvalue weighted by atomic mass is 16.6. The number of carbonyl (C=O) groups is 1. The van der Waals surface area contributed by atoms with E-state index in [2.05, 4.69) is 17.3 Å². The topological polar surface area (TPSA) is 90.1 Å². The smallest absolute Gasteiger partial charge is 0.312 e. The molecule has 0 spiro atoms. The normalized spacial score (nSPS) is 27.2. The Morgan fingerprint density at radius 3 is 2.70 bits per heavy atom. The summed E-state index contributed by atoms with van der Waals surface area (Å²) >= 11 is 0. The summed E-state index contributed by atoms with van der Waals surface area (Å²) in [5.41, 5.74) is 0.774. The SMILES string of the molecule is Cc1nn(CC(=O)N[C@@H](C)[C@@H]2C[C@@H]3CC[C@@H]2C3)c(C)c1[N+](=O)[O-]. The molecule has 1 aromatic heterocycles. The van der Waals surface area contributed by atoms with Crippen LogP contribution in [0.15, 0.2) is 0 Å². The van der Waals surface area contributed by atoms with Crippen molar-refractivity contribution in [3.8, 4) is 0 Å². The van der Waals surface area contributed by atoms with E-state index in [-0.39, 0.29) is 24.2 Å². The zero-order chi connectivity index (χ0) is 16.7. The van der Waals surface area contributed by atoms with Crippen molar-refractivity contribution in [1.82, 2.24) is 15.1 Å². The first-order valence-electron chi connectivity index (χ1n) is 8.34. The van der Waals surface area contributed by atoms with E-state index in [1.54, 1.807) is 13.8 Å². The average Bonchev–Trinajstić information content (AvgIpc) is 3.14. The number of carbonyl (C=O) groups excluding carboxylic acids is 1. The summed E-state index contributed by atoms with van der Waals surface area (Å²) in [6, 6.07) is 0.157. The van der Waals surface area contributed by atoms with E-state index >= 15 is 0 Å². The number of nitrogens with zero attached hydrogens (tertiary/aromatic N) is 3. The number of hydrogen-bond acceptors (Lipinski definition) is 4. The van der Waals surface area contributed by atoms with Gasteiger partial charge in [0.15, 0.2) is 0 Å². The molecule has 2 saturated carbocycles. The molecule has 7 nitrogen and oxygen atoms in total. The molecule has 4 atom stereocenters. The van der Waals surface area contributed by atoms with Gasteiger partial charge in [-0.3, -0.25) is 19.6 Å². The van der Waals surface area contributed by atoms with Crippen LogP contribution in [0.4, 0.5) is 5.69 Å². The molecule has 0 aliphatic heterocycles. The Bertz CT molecular complexity index is 640. The van der Waals surface area contributed by atoms with E-state index in [0.717, 1.165) is 11.8 Å². The molecule has 7 heteroatoms. The van der Waals surface area contributed by atoms with Crippen LogP contribution in [0.1, 0.15) is 44.0 Å². The second-order valence-corrected chi connectivity index (χ2v) is 7.13. The summed E-state index contributed by atoms with van der Waals surface area (Å²) in [5.74, 6) is 2.06. The van der Waals surface area contributed by atoms with Crippen LogP contribution in [0, 0.1) is 41.7 Å². The number of nitro groups is 1. The van der Waals surface area contributed by atoms with Gasteiger partial charge in [0.25, 0.3) is 0 Å². The molecule has 2 bridgehead atoms. The summed E-state index contributed by atoms with van der Waals surface area (Å²) in [5, 5.41) is 18.2. The first-order valence-corrected chi connectivity index (χ1v) is 8.34. The maximum Gasteiger partial charge on any atom is 0.312 e. The zero-order valence-corrected chi connectivity index (χ0v) is 13.9. The molecule has 2 aliphatic rings. The van der Waals surface area contributed by atoms with Crippen molar-refractivity contribution in [2.75, 3.05) is 0 Å². The van der Waals surface area contributed by atoms with Gasteiger partial charge in [0, 0.05) is 6.04 Å². The molecule has 1 amide bonds. The molecular weight excluding hydrogens is 296 g/mol. The third-order valence-electron chi connectivity index (χ3n) is 5.64. The van der Waals surface area contributed by atoms with Gasteiger partial charge in [-0.2, -0.15) is 5.10 Å². The maximum atomic E-state index is 12.3. The molecule has 1 N–H and O–H groups in total. The predicted molar refractivity (Wildman–Crippen MR) is 84.9 cm³/mol. The van der Waals surface area contributed by atoms with Gasteiger partial charge in [-0.1, -0.05) is 6.42 Å². The summed E-state index contributed by atoms with van der Waals surface area (Å²) in [4.78, 5) is 22.9. The minimum Gasteiger partial charge on any atom is -0.352 e. The Balaban J connectivity index is 1.61. The van der Waals surface area contributed by atoms with Crippen LogP contribution in [0.3, 0.4) is 0 Å². The molecule has 0 saturated heterocycles. The van der Waals surface area contributed by atoms with Crippen molar-refractivity contribution in [2.45, 2.75) is 59.0 Å². The third-order valence-corrected chi connectivity index (χ3v) is 5.64. The Morgan fingerprint density at radius 2 is 2.17 bits per heavy atom. The predicted octanol–water partition coefficient (Wildman–Crippen LogP) is 2.35. The van der Waals surface area contributed by atoms with Crippen LogP contribution in [0.5, 0.6) is 0 Å². The van der Waals surface area contributed by atoms with Crippen molar-refractivity contribution in [1.29, 1.82) is 0 Å². The molecule has 2 aliphatic carbocycles. The molecule has 3 rings (SSSR count). The van der Waals surface area contributed by atoms with E-state index < -0.39 is 4.92 Å². The van der Waals surface area contributed by atoms with E-state index in [0.29, 0.717) is 17.3 Å². The minimum atomic E-state index is -0.441. The molecular formula is C16H24N4O3. The molecule has 0 aromatic carbocycles. The van der Waals surface area contributed by atoms with E-state index in [1.165, 1.54) is 30.4 Å². The van der Waals surface area contributed by atoms with Gasteiger partial charge < -0.3 is 5.32 Å². The van der Waals surface area contributed by atoms with Crippen molar-refractivity contribution < 1.29 is 9.72 Å². The summed E-state index contributed by atoms with van der Waals surface area (Å²) in [6.07, 6.45) is 5.17. The van der Waals surface area contributed by atoms with E-state index in [9.17, 15) is 14.9 Å². The molecule has 126 valence electrons. The molecule has 0 radical (unpaired) electrons. The van der Waals surface area contributed by atoms with E-state index in [1.807, 2.05) is 0 Å². The number of rotatable bonds is 5. The van der Waals surface area contributed by atoms with Gasteiger partial charge in [-0.15, -0.1) is 0 Å². The van der Waals surface area contributed by atoms with Gasteiger partial charge in [0.2, 0.25) is 5.91 Å². The van der Waals surface area contributed by atoms with Crippen molar-refractivity contribution in [3.63, 3.8) is 0 Å². The van der Waals surface area contributed by atoms with Crippen molar-refractivity contribution in [3.05, 3.63) is 21.5 Å². The fourth-order valence-corrected chi connectivity index (χ4v) is 4.55. The number of aryl methyl sites for hydroxylation is 1. The van der Waals surface area contributed by atoms with Crippen LogP contribution in [0.25, 0.3) is 0 Å². The fourth-order valence-electron chi connectivity index (χ4n) is 4.55. The fraction of sp³-hybridized carbons (Fsp3) is 0.750. The number of amides is 1. The highest BCUT2D eigenvalue weighted by molar-refractivity contribution is 5.76. The highest BCUT2D eigenvalue weighted by Crippen LogP contribution is 2.49. The first kappa shape index (κ1) is 16.0. The van der Waals surface area contributed by atoms with Gasteiger partial charge >= 0.3 is 5.69 Å². The lowest BCUT2D eigenvalue weighted by atomic mass is 9.84. The van der Waals surface area contributed by atoms with Crippen LogP contribution in [-0.4, -0.2) is 26.7 Å². The third kappa shape index (κ3) is 2.96. The van der Waals surface area contributed by atoms with Gasteiger partial charge in [0.1, 0.15) is 17.9 Å². The molecule has 23 heavy (non-hydrogen) atoms. The monoisotopic (exact) mass is 320 g/mol. The lowest BCUT2D eigenvalue weighted by Gasteiger charge is -2.28. The summed E-state index contributed by atoms with van der Waals surface area (Å²) in [7, 11) is 0. The van der Waals surface area contributed by atoms with Crippen molar-refractivity contribution in [2.24, 2.45) is 17.8 Å². The van der Waals surface area contributed by atoms with Crippen molar-refractivity contribution >= 4 is 11.6 Å². The van der Waals surface area contributed by atoms with Gasteiger partial charge in [-0.05, 0) is 57.8 Å². The van der Waals surface area contributed by atoms with E-state index in [4.69, 9.17) is 0 Å². The largest absolute Gasteiger partial charge is 0.352 e. The highest BCUT2D eigenvalue weighted by Gasteiger charge is 2.42. The Kier molecular flexibility index (Phi) is 4.12.